The molecular weight excluding hydrogens is 881 g/mol. The standard InChI is InChI=1S/C48H74O19/c1-11-21(2)42(56)64-39-40-45(7)15-13-27(18-26(45)12-16-47(40)48(67-47)17-14-28(22(3)50)46(48,8)41(39)61-25(6)51)62-31-19-29(57-9)36(23(4)59-31)65-44-35(55)38(58-10)37(24(5)60-44)66-43-34(54)33(53)32(52)30(20-49)63-43/h11,23-24,26-41,43-44,49,52-55H,12-20H2,1-10H3/b21-11+/t23-,24-,26+,27+,28+,29-,30-,31+,32-,33+,34-,35-,36-,37-,38+,39+,40-,41-,43+,44+,45+,46+,47+,48-/m1/s1. The molecule has 0 unspecified atom stereocenters. The van der Waals surface area contributed by atoms with Crippen LogP contribution >= 0.6 is 0 Å². The summed E-state index contributed by atoms with van der Waals surface area (Å²) in [5.41, 5.74) is -2.23. The smallest absolute Gasteiger partial charge is 0.333 e. The highest BCUT2D eigenvalue weighted by Crippen LogP contribution is 2.81. The van der Waals surface area contributed by atoms with Crippen molar-refractivity contribution in [1.29, 1.82) is 0 Å². The van der Waals surface area contributed by atoms with E-state index in [0.717, 1.165) is 6.42 Å². The first-order chi connectivity index (χ1) is 31.7. The fourth-order valence-electron chi connectivity index (χ4n) is 14.1. The van der Waals surface area contributed by atoms with Crippen LogP contribution in [0.2, 0.25) is 0 Å². The third kappa shape index (κ3) is 8.25. The maximum Gasteiger partial charge on any atom is 0.333 e. The van der Waals surface area contributed by atoms with E-state index in [1.807, 2.05) is 13.8 Å². The highest BCUT2D eigenvalue weighted by atomic mass is 16.8. The second-order valence-electron chi connectivity index (χ2n) is 21.0. The summed E-state index contributed by atoms with van der Waals surface area (Å²) in [5.74, 6) is -1.60. The second kappa shape index (κ2) is 19.1. The molecule has 8 aliphatic rings. The first-order valence-corrected chi connectivity index (χ1v) is 24.2. The lowest BCUT2D eigenvalue weighted by Gasteiger charge is -2.61. The van der Waals surface area contributed by atoms with E-state index in [0.29, 0.717) is 50.5 Å². The molecule has 5 N–H and O–H groups in total. The topological polar surface area (TPSA) is 257 Å². The molecule has 4 heterocycles. The van der Waals surface area contributed by atoms with Gasteiger partial charge in [-0.1, -0.05) is 19.9 Å². The van der Waals surface area contributed by atoms with E-state index >= 15 is 0 Å². The van der Waals surface area contributed by atoms with Gasteiger partial charge in [0.15, 0.2) is 18.9 Å². The van der Waals surface area contributed by atoms with Gasteiger partial charge in [-0.2, -0.15) is 0 Å². The predicted molar refractivity (Wildman–Crippen MR) is 230 cm³/mol. The molecule has 380 valence electrons. The van der Waals surface area contributed by atoms with Crippen molar-refractivity contribution in [1.82, 2.24) is 0 Å². The minimum absolute atomic E-state index is 0.00581. The van der Waals surface area contributed by atoms with E-state index in [4.69, 9.17) is 52.1 Å². The Bertz CT molecular complexity index is 1860. The third-order valence-electron chi connectivity index (χ3n) is 17.7. The van der Waals surface area contributed by atoms with Gasteiger partial charge in [-0.05, 0) is 90.9 Å². The normalized spacial score (nSPS) is 51.7. The molecule has 8 rings (SSSR count). The maximum absolute atomic E-state index is 13.8. The number of carbonyl (C=O) groups is 3. The molecule has 0 amide bonds. The van der Waals surface area contributed by atoms with E-state index in [9.17, 15) is 39.9 Å². The molecule has 0 bridgehead atoms. The van der Waals surface area contributed by atoms with Crippen molar-refractivity contribution in [3.05, 3.63) is 11.6 Å². The fourth-order valence-corrected chi connectivity index (χ4v) is 14.1. The Kier molecular flexibility index (Phi) is 14.6. The summed E-state index contributed by atoms with van der Waals surface area (Å²) < 4.78 is 68.9. The highest BCUT2D eigenvalue weighted by molar-refractivity contribution is 5.88. The average Bonchev–Trinajstić information content (AvgIpc) is 3.84. The van der Waals surface area contributed by atoms with Gasteiger partial charge in [0, 0.05) is 50.4 Å². The molecule has 8 fully saturated rings. The molecule has 2 spiro atoms. The molecule has 0 aromatic heterocycles. The van der Waals surface area contributed by atoms with Crippen LogP contribution in [0.5, 0.6) is 0 Å². The van der Waals surface area contributed by atoms with Crippen molar-refractivity contribution in [3.63, 3.8) is 0 Å². The van der Waals surface area contributed by atoms with E-state index in [-0.39, 0.29) is 23.7 Å². The molecule has 24 atom stereocenters. The van der Waals surface area contributed by atoms with Crippen molar-refractivity contribution in [2.24, 2.45) is 28.6 Å². The number of esters is 2. The van der Waals surface area contributed by atoms with E-state index < -0.39 is 145 Å². The van der Waals surface area contributed by atoms with E-state index in [1.165, 1.54) is 14.0 Å². The number of aliphatic hydroxyl groups excluding tert-OH is 5. The monoisotopic (exact) mass is 954 g/mol. The summed E-state index contributed by atoms with van der Waals surface area (Å²) in [6.07, 6.45) is -10.6. The maximum atomic E-state index is 13.8. The average molecular weight is 955 g/mol. The molecule has 67 heavy (non-hydrogen) atoms. The summed E-state index contributed by atoms with van der Waals surface area (Å²) >= 11 is 0. The third-order valence-corrected chi connectivity index (χ3v) is 17.7. The first-order valence-electron chi connectivity index (χ1n) is 24.2. The molecular formula is C48H74O19. The van der Waals surface area contributed by atoms with Gasteiger partial charge in [-0.15, -0.1) is 0 Å². The van der Waals surface area contributed by atoms with Gasteiger partial charge >= 0.3 is 11.9 Å². The van der Waals surface area contributed by atoms with Crippen LogP contribution in [0.3, 0.4) is 0 Å². The molecule has 0 radical (unpaired) electrons. The summed E-state index contributed by atoms with van der Waals surface area (Å²) in [6.45, 7) is 13.5. The van der Waals surface area contributed by atoms with Crippen LogP contribution in [-0.2, 0) is 66.5 Å². The predicted octanol–water partition coefficient (Wildman–Crippen LogP) is 1.77. The van der Waals surface area contributed by atoms with Gasteiger partial charge in [0.1, 0.15) is 78.0 Å². The lowest BCUT2D eigenvalue weighted by molar-refractivity contribution is -0.371. The largest absolute Gasteiger partial charge is 0.458 e. The van der Waals surface area contributed by atoms with E-state index in [1.54, 1.807) is 40.9 Å². The number of hydrogen-bond acceptors (Lipinski definition) is 19. The van der Waals surface area contributed by atoms with Crippen molar-refractivity contribution in [3.8, 4) is 0 Å². The number of methoxy groups -OCH3 is 2. The Morgan fingerprint density at radius 2 is 1.42 bits per heavy atom. The van der Waals surface area contributed by atoms with Crippen LogP contribution in [0.4, 0.5) is 0 Å². The summed E-state index contributed by atoms with van der Waals surface area (Å²) in [5, 5.41) is 52.3. The minimum Gasteiger partial charge on any atom is -0.458 e. The van der Waals surface area contributed by atoms with Crippen LogP contribution in [-0.4, -0.2) is 180 Å². The van der Waals surface area contributed by atoms with Gasteiger partial charge in [0.05, 0.1) is 31.0 Å². The Balaban J connectivity index is 0.945. The lowest BCUT2D eigenvalue weighted by Crippen LogP contribution is -2.70. The summed E-state index contributed by atoms with van der Waals surface area (Å²) in [6, 6.07) is 0. The van der Waals surface area contributed by atoms with Gasteiger partial charge in [0.25, 0.3) is 0 Å². The number of rotatable bonds is 13. The van der Waals surface area contributed by atoms with Gasteiger partial charge in [0.2, 0.25) is 0 Å². The molecule has 19 heteroatoms. The van der Waals surface area contributed by atoms with Crippen LogP contribution in [0.1, 0.15) is 107 Å². The van der Waals surface area contributed by atoms with Crippen molar-refractivity contribution < 1.29 is 92.0 Å². The molecule has 19 nitrogen and oxygen atoms in total. The first kappa shape index (κ1) is 51.2. The van der Waals surface area contributed by atoms with Gasteiger partial charge in [-0.25, -0.2) is 4.79 Å². The van der Waals surface area contributed by atoms with Crippen molar-refractivity contribution in [2.45, 2.75) is 222 Å². The number of allylic oxidation sites excluding steroid dienone is 1. The van der Waals surface area contributed by atoms with Crippen molar-refractivity contribution >= 4 is 17.7 Å². The number of Topliss-reactive ketones (excluding diaryl/α,β-unsaturated/α-hetero) is 1. The Hall–Kier alpha value is -2.21. The number of fused-ring (bicyclic) bond motifs is 2. The lowest BCUT2D eigenvalue weighted by atomic mass is 9.43. The molecule has 4 saturated carbocycles. The second-order valence-corrected chi connectivity index (χ2v) is 21.0. The quantitative estimate of drug-likeness (QED) is 0.0763. The van der Waals surface area contributed by atoms with E-state index in [2.05, 4.69) is 6.92 Å². The molecule has 4 saturated heterocycles. The SMILES string of the molecule is C/C=C(\C)C(=O)O[C@@H]1[C@@H](OC(C)=O)[C@]2(C)[C@H](C(C)=O)CC[C@@]23O[C@]32CC[C@H]3C[C@@H](O[C@H]4C[C@@H](OC)[C@H](O[C@@H]5O[C@H](C)[C@@H](O[C@@H]6O[C@H](CO)[C@@H](O)[C@H](O)[C@H]6O)[C@@H](OC)[C@H]5O)[C@@H](C)O4)CC[C@]3(C)[C@@H]12. The zero-order valence-corrected chi connectivity index (χ0v) is 40.4. The number of hydrogen-bond donors (Lipinski definition) is 5. The van der Waals surface area contributed by atoms with Crippen molar-refractivity contribution in [2.75, 3.05) is 20.8 Å². The zero-order valence-electron chi connectivity index (χ0n) is 40.4. The van der Waals surface area contributed by atoms with Crippen LogP contribution in [0.25, 0.3) is 0 Å². The fraction of sp³-hybridized carbons (Fsp3) is 0.896. The molecule has 4 aliphatic heterocycles. The number of carbonyl (C=O) groups excluding carboxylic acids is 3. The Morgan fingerprint density at radius 3 is 2.06 bits per heavy atom. The Morgan fingerprint density at radius 1 is 0.731 bits per heavy atom. The Labute approximate surface area is 392 Å². The highest BCUT2D eigenvalue weighted by Gasteiger charge is 2.91. The van der Waals surface area contributed by atoms with Crippen LogP contribution in [0.15, 0.2) is 11.6 Å². The van der Waals surface area contributed by atoms with Crippen LogP contribution < -0.4 is 0 Å². The number of ketones is 1. The molecule has 4 aliphatic carbocycles. The van der Waals surface area contributed by atoms with Gasteiger partial charge in [-0.3, -0.25) is 9.59 Å². The number of ether oxygens (including phenoxy) is 11. The minimum atomic E-state index is -1.67. The molecule has 0 aromatic carbocycles. The van der Waals surface area contributed by atoms with Crippen LogP contribution in [0, 0.1) is 28.6 Å². The van der Waals surface area contributed by atoms with Gasteiger partial charge < -0.3 is 77.6 Å². The number of aliphatic hydroxyl groups is 5. The molecule has 0 aromatic rings. The summed E-state index contributed by atoms with van der Waals surface area (Å²) in [4.78, 5) is 40.1. The number of epoxide rings is 1. The summed E-state index contributed by atoms with van der Waals surface area (Å²) in [7, 11) is 2.94. The zero-order chi connectivity index (χ0) is 48.7.